The maximum absolute atomic E-state index is 11.5. The van der Waals surface area contributed by atoms with Crippen molar-refractivity contribution < 1.29 is 4.79 Å². The number of likely N-dealkylation sites (tertiary alicyclic amines) is 1. The van der Waals surface area contributed by atoms with E-state index in [9.17, 15) is 4.79 Å². The topological polar surface area (TPSA) is 46.3 Å². The van der Waals surface area contributed by atoms with E-state index in [2.05, 4.69) is 12.6 Å². The molecule has 1 aliphatic carbocycles. The second-order valence-corrected chi connectivity index (χ2v) is 5.76. The number of nitrogens with zero attached hydrogens (tertiary/aromatic N) is 1. The van der Waals surface area contributed by atoms with Crippen molar-refractivity contribution in [2.75, 3.05) is 25.4 Å². The molecule has 0 bridgehead atoms. The van der Waals surface area contributed by atoms with Gasteiger partial charge in [-0.3, -0.25) is 4.79 Å². The first-order chi connectivity index (χ1) is 7.69. The molecule has 1 saturated carbocycles. The van der Waals surface area contributed by atoms with Crippen molar-refractivity contribution in [2.24, 2.45) is 17.1 Å². The Hall–Kier alpha value is -0.220. The standard InChI is InChI=1S/C12H22N2OS/c13-7-11(15)14-6-5-12(9-14)3-1-10(8-16)2-4-12/h10,16H,1-9,13H2. The number of carbonyl (C=O) groups excluding carboxylic acids is 1. The molecule has 0 unspecified atom stereocenters. The van der Waals surface area contributed by atoms with Crippen molar-refractivity contribution in [1.29, 1.82) is 0 Å². The van der Waals surface area contributed by atoms with Crippen LogP contribution in [0.3, 0.4) is 0 Å². The van der Waals surface area contributed by atoms with Crippen LogP contribution in [0.4, 0.5) is 0 Å². The summed E-state index contributed by atoms with van der Waals surface area (Å²) in [6.45, 7) is 2.03. The van der Waals surface area contributed by atoms with Crippen LogP contribution in [0.1, 0.15) is 32.1 Å². The van der Waals surface area contributed by atoms with Crippen molar-refractivity contribution >= 4 is 18.5 Å². The maximum Gasteiger partial charge on any atom is 0.236 e. The van der Waals surface area contributed by atoms with Gasteiger partial charge in [-0.15, -0.1) is 0 Å². The van der Waals surface area contributed by atoms with Gasteiger partial charge in [-0.1, -0.05) is 0 Å². The molecule has 1 heterocycles. The zero-order valence-electron chi connectivity index (χ0n) is 9.82. The fourth-order valence-corrected chi connectivity index (χ4v) is 3.52. The molecule has 0 aromatic rings. The summed E-state index contributed by atoms with van der Waals surface area (Å²) >= 11 is 4.38. The number of amides is 1. The molecule has 2 aliphatic rings. The van der Waals surface area contributed by atoms with Gasteiger partial charge >= 0.3 is 0 Å². The van der Waals surface area contributed by atoms with E-state index >= 15 is 0 Å². The molecule has 0 aromatic heterocycles. The van der Waals surface area contributed by atoms with E-state index < -0.39 is 0 Å². The number of carbonyl (C=O) groups is 1. The second kappa shape index (κ2) is 4.96. The Balaban J connectivity index is 1.90. The Morgan fingerprint density at radius 3 is 2.62 bits per heavy atom. The third-order valence-corrected chi connectivity index (χ3v) is 4.91. The van der Waals surface area contributed by atoms with E-state index in [1.54, 1.807) is 0 Å². The number of rotatable bonds is 2. The predicted octanol–water partition coefficient (Wildman–Crippen LogP) is 1.28. The summed E-state index contributed by atoms with van der Waals surface area (Å²) in [4.78, 5) is 13.5. The third-order valence-electron chi connectivity index (χ3n) is 4.39. The molecule has 0 radical (unpaired) electrons. The molecular weight excluding hydrogens is 220 g/mol. The lowest BCUT2D eigenvalue weighted by atomic mass is 9.70. The highest BCUT2D eigenvalue weighted by Gasteiger charge is 2.41. The highest BCUT2D eigenvalue weighted by molar-refractivity contribution is 7.80. The molecule has 4 heteroatoms. The zero-order valence-corrected chi connectivity index (χ0v) is 10.7. The van der Waals surface area contributed by atoms with Crippen LogP contribution in [0.2, 0.25) is 0 Å². The van der Waals surface area contributed by atoms with Crippen molar-refractivity contribution in [3.63, 3.8) is 0 Å². The Labute approximate surface area is 103 Å². The van der Waals surface area contributed by atoms with Crippen LogP contribution in [0.15, 0.2) is 0 Å². The molecule has 1 aliphatic heterocycles. The van der Waals surface area contributed by atoms with E-state index in [0.717, 1.165) is 24.8 Å². The Kier molecular flexibility index (Phi) is 3.80. The number of hydrogen-bond acceptors (Lipinski definition) is 3. The summed E-state index contributed by atoms with van der Waals surface area (Å²) in [7, 11) is 0. The van der Waals surface area contributed by atoms with Crippen LogP contribution < -0.4 is 5.73 Å². The lowest BCUT2D eigenvalue weighted by Crippen LogP contribution is -2.37. The average molecular weight is 242 g/mol. The summed E-state index contributed by atoms with van der Waals surface area (Å²) in [5.74, 6) is 1.93. The summed E-state index contributed by atoms with van der Waals surface area (Å²) in [6.07, 6.45) is 6.29. The number of nitrogens with two attached hydrogens (primary N) is 1. The van der Waals surface area contributed by atoms with E-state index in [0.29, 0.717) is 5.41 Å². The molecule has 16 heavy (non-hydrogen) atoms. The van der Waals surface area contributed by atoms with Crippen molar-refractivity contribution in [1.82, 2.24) is 4.90 Å². The summed E-state index contributed by atoms with van der Waals surface area (Å²) in [5, 5.41) is 0. The Morgan fingerprint density at radius 2 is 2.06 bits per heavy atom. The molecule has 2 fully saturated rings. The van der Waals surface area contributed by atoms with E-state index in [1.165, 1.54) is 32.1 Å². The van der Waals surface area contributed by atoms with E-state index in [1.807, 2.05) is 4.90 Å². The van der Waals surface area contributed by atoms with Gasteiger partial charge in [0.15, 0.2) is 0 Å². The van der Waals surface area contributed by atoms with Gasteiger partial charge in [0.05, 0.1) is 6.54 Å². The Morgan fingerprint density at radius 1 is 1.38 bits per heavy atom. The molecule has 1 spiro atoms. The summed E-state index contributed by atoms with van der Waals surface area (Å²) < 4.78 is 0. The highest BCUT2D eigenvalue weighted by atomic mass is 32.1. The number of hydrogen-bond donors (Lipinski definition) is 2. The van der Waals surface area contributed by atoms with Crippen molar-refractivity contribution in [3.05, 3.63) is 0 Å². The monoisotopic (exact) mass is 242 g/mol. The van der Waals surface area contributed by atoms with Gasteiger partial charge in [0, 0.05) is 13.1 Å². The van der Waals surface area contributed by atoms with Gasteiger partial charge in [-0.2, -0.15) is 12.6 Å². The Bertz CT molecular complexity index is 262. The first-order valence-electron chi connectivity index (χ1n) is 6.28. The first-order valence-corrected chi connectivity index (χ1v) is 6.91. The average Bonchev–Trinajstić information content (AvgIpc) is 2.73. The fraction of sp³-hybridized carbons (Fsp3) is 0.917. The van der Waals surface area contributed by atoms with Gasteiger partial charge < -0.3 is 10.6 Å². The lowest BCUT2D eigenvalue weighted by molar-refractivity contribution is -0.129. The quantitative estimate of drug-likeness (QED) is 0.717. The molecule has 2 rings (SSSR count). The third kappa shape index (κ3) is 2.38. The molecular formula is C12H22N2OS. The minimum absolute atomic E-state index is 0.119. The van der Waals surface area contributed by atoms with E-state index in [-0.39, 0.29) is 12.5 Å². The fourth-order valence-electron chi connectivity index (χ4n) is 3.16. The number of thiol groups is 1. The largest absolute Gasteiger partial charge is 0.341 e. The zero-order chi connectivity index (χ0) is 11.6. The van der Waals surface area contributed by atoms with E-state index in [4.69, 9.17) is 5.73 Å². The van der Waals surface area contributed by atoms with Crippen molar-refractivity contribution in [3.8, 4) is 0 Å². The second-order valence-electron chi connectivity index (χ2n) is 5.40. The van der Waals surface area contributed by atoms with Crippen LogP contribution in [0, 0.1) is 11.3 Å². The molecule has 0 atom stereocenters. The van der Waals surface area contributed by atoms with Crippen molar-refractivity contribution in [2.45, 2.75) is 32.1 Å². The van der Waals surface area contributed by atoms with Gasteiger partial charge in [-0.05, 0) is 49.2 Å². The normalized spacial score (nSPS) is 34.6. The molecule has 0 aromatic carbocycles. The first kappa shape index (κ1) is 12.2. The SMILES string of the molecule is NCC(=O)N1CCC2(CCC(CS)CC2)C1. The summed E-state index contributed by atoms with van der Waals surface area (Å²) in [5.41, 5.74) is 5.83. The van der Waals surface area contributed by atoms with Crippen LogP contribution >= 0.6 is 12.6 Å². The lowest BCUT2D eigenvalue weighted by Gasteiger charge is -2.36. The van der Waals surface area contributed by atoms with Crippen LogP contribution in [-0.2, 0) is 4.79 Å². The van der Waals surface area contributed by atoms with Crippen LogP contribution in [0.5, 0.6) is 0 Å². The molecule has 3 nitrogen and oxygen atoms in total. The predicted molar refractivity (Wildman–Crippen MR) is 68.5 cm³/mol. The van der Waals surface area contributed by atoms with Gasteiger partial charge in [-0.25, -0.2) is 0 Å². The summed E-state index contributed by atoms with van der Waals surface area (Å²) in [6, 6.07) is 0. The smallest absolute Gasteiger partial charge is 0.236 e. The molecule has 2 N–H and O–H groups in total. The molecule has 1 saturated heterocycles. The van der Waals surface area contributed by atoms with Crippen LogP contribution in [-0.4, -0.2) is 36.2 Å². The van der Waals surface area contributed by atoms with Gasteiger partial charge in [0.2, 0.25) is 5.91 Å². The van der Waals surface area contributed by atoms with Gasteiger partial charge in [0.1, 0.15) is 0 Å². The maximum atomic E-state index is 11.5. The highest BCUT2D eigenvalue weighted by Crippen LogP contribution is 2.45. The van der Waals surface area contributed by atoms with Crippen LogP contribution in [0.25, 0.3) is 0 Å². The minimum atomic E-state index is 0.119. The minimum Gasteiger partial charge on any atom is -0.341 e. The van der Waals surface area contributed by atoms with Gasteiger partial charge in [0.25, 0.3) is 0 Å². The molecule has 1 amide bonds. The molecule has 92 valence electrons.